The van der Waals surface area contributed by atoms with Crippen molar-refractivity contribution in [3.05, 3.63) is 0 Å². The van der Waals surface area contributed by atoms with Gasteiger partial charge < -0.3 is 9.80 Å². The molecule has 3 aliphatic rings. The van der Waals surface area contributed by atoms with Crippen LogP contribution in [-0.2, 0) is 0 Å². The Morgan fingerprint density at radius 3 is 1.00 bits per heavy atom. The van der Waals surface area contributed by atoms with Gasteiger partial charge in [-0.25, -0.2) is 0 Å². The lowest BCUT2D eigenvalue weighted by Gasteiger charge is -2.48. The number of piperidine rings is 1. The number of hydrogen-bond donors (Lipinski definition) is 0. The van der Waals surface area contributed by atoms with Crippen molar-refractivity contribution in [2.24, 2.45) is 16.2 Å². The van der Waals surface area contributed by atoms with Crippen LogP contribution >= 0.6 is 0 Å². The topological polar surface area (TPSA) is 9.72 Å². The van der Waals surface area contributed by atoms with E-state index < -0.39 is 0 Å². The maximum absolute atomic E-state index is 2.57. The minimum absolute atomic E-state index is 0.574. The fraction of sp³-hybridized carbons (Fsp3) is 1.00. The van der Waals surface area contributed by atoms with E-state index in [1.54, 1.807) is 0 Å². The minimum Gasteiger partial charge on any atom is -0.301 e. The molecular formula is C27H57N3. The van der Waals surface area contributed by atoms with Crippen molar-refractivity contribution in [2.45, 2.75) is 120 Å². The zero-order valence-electron chi connectivity index (χ0n) is 22.9. The SMILES string of the molecule is CC(C)N1CC(C)(C)C1.CC(C)N1CCC(C)(C)C1.CC(C)N1CCC(C)(C)CC1. The van der Waals surface area contributed by atoms with Crippen molar-refractivity contribution in [3.8, 4) is 0 Å². The van der Waals surface area contributed by atoms with E-state index in [9.17, 15) is 0 Å². The molecule has 3 aliphatic heterocycles. The molecule has 0 aliphatic carbocycles. The van der Waals surface area contributed by atoms with Gasteiger partial charge in [0.1, 0.15) is 0 Å². The lowest BCUT2D eigenvalue weighted by molar-refractivity contribution is 0.00572. The first-order valence-electron chi connectivity index (χ1n) is 12.8. The second-order valence-electron chi connectivity index (χ2n) is 13.4. The van der Waals surface area contributed by atoms with E-state index in [-0.39, 0.29) is 0 Å². The summed E-state index contributed by atoms with van der Waals surface area (Å²) in [5.41, 5.74) is 1.78. The van der Waals surface area contributed by atoms with Crippen LogP contribution in [-0.4, -0.2) is 72.1 Å². The molecule has 0 aromatic rings. The summed E-state index contributed by atoms with van der Waals surface area (Å²) in [7, 11) is 0. The van der Waals surface area contributed by atoms with Gasteiger partial charge >= 0.3 is 0 Å². The molecule has 0 spiro atoms. The van der Waals surface area contributed by atoms with Crippen molar-refractivity contribution in [3.63, 3.8) is 0 Å². The van der Waals surface area contributed by atoms with E-state index in [0.717, 1.165) is 18.1 Å². The van der Waals surface area contributed by atoms with Crippen molar-refractivity contribution >= 4 is 0 Å². The van der Waals surface area contributed by atoms with Crippen molar-refractivity contribution in [1.82, 2.24) is 14.7 Å². The molecule has 3 nitrogen and oxygen atoms in total. The third-order valence-corrected chi connectivity index (χ3v) is 7.31. The molecule has 0 aromatic heterocycles. The highest BCUT2D eigenvalue weighted by molar-refractivity contribution is 4.89. The first kappa shape index (κ1) is 27.9. The summed E-state index contributed by atoms with van der Waals surface area (Å²) in [4.78, 5) is 7.63. The lowest BCUT2D eigenvalue weighted by Crippen LogP contribution is -2.55. The van der Waals surface area contributed by atoms with E-state index in [4.69, 9.17) is 0 Å². The van der Waals surface area contributed by atoms with Crippen LogP contribution < -0.4 is 0 Å². The van der Waals surface area contributed by atoms with Gasteiger partial charge in [-0.2, -0.15) is 0 Å². The monoisotopic (exact) mass is 423 g/mol. The zero-order chi connectivity index (χ0) is 23.3. The number of nitrogens with zero attached hydrogens (tertiary/aromatic N) is 3. The summed E-state index contributed by atoms with van der Waals surface area (Å²) < 4.78 is 0. The second kappa shape index (κ2) is 11.1. The predicted octanol–water partition coefficient (Wildman–Crippen LogP) is 6.38. The standard InChI is InChI=1S/C10H21N.C9H19N.C8H17N/c1-9(2)11-7-5-10(3,4)6-8-11;1-8(2)10-6-5-9(3,4)7-10;1-7(2)9-5-8(3,4)6-9/h9H,5-8H2,1-4H3;8H,5-7H2,1-4H3;7H,5-6H2,1-4H3. The fourth-order valence-corrected chi connectivity index (χ4v) is 4.66. The van der Waals surface area contributed by atoms with Gasteiger partial charge in [0.05, 0.1) is 0 Å². The predicted molar refractivity (Wildman–Crippen MR) is 135 cm³/mol. The zero-order valence-corrected chi connectivity index (χ0v) is 22.9. The van der Waals surface area contributed by atoms with Crippen LogP contribution in [0.5, 0.6) is 0 Å². The Balaban J connectivity index is 0.000000226. The molecule has 0 amide bonds. The molecule has 0 aromatic carbocycles. The lowest BCUT2D eigenvalue weighted by atomic mass is 9.82. The molecule has 0 saturated carbocycles. The van der Waals surface area contributed by atoms with Gasteiger partial charge in [0.25, 0.3) is 0 Å². The molecule has 180 valence electrons. The van der Waals surface area contributed by atoms with Gasteiger partial charge in [0.15, 0.2) is 0 Å². The molecule has 3 rings (SSSR count). The molecule has 0 radical (unpaired) electrons. The molecule has 30 heavy (non-hydrogen) atoms. The highest BCUT2D eigenvalue weighted by Crippen LogP contribution is 2.31. The molecule has 0 bridgehead atoms. The van der Waals surface area contributed by atoms with E-state index in [1.807, 2.05) is 0 Å². The van der Waals surface area contributed by atoms with Gasteiger partial charge in [-0.1, -0.05) is 41.5 Å². The summed E-state index contributed by atoms with van der Waals surface area (Å²) in [5.74, 6) is 0. The molecule has 0 atom stereocenters. The van der Waals surface area contributed by atoms with Gasteiger partial charge in [-0.05, 0) is 96.7 Å². The summed E-state index contributed by atoms with van der Waals surface area (Å²) in [5, 5.41) is 0. The van der Waals surface area contributed by atoms with E-state index in [1.165, 1.54) is 58.5 Å². The maximum Gasteiger partial charge on any atom is 0.00479 e. The Labute approximate surface area is 191 Å². The first-order chi connectivity index (χ1) is 13.5. The summed E-state index contributed by atoms with van der Waals surface area (Å²) >= 11 is 0. The van der Waals surface area contributed by atoms with Crippen molar-refractivity contribution in [1.29, 1.82) is 0 Å². The summed E-state index contributed by atoms with van der Waals surface area (Å²) in [6.45, 7) is 35.5. The highest BCUT2D eigenvalue weighted by Gasteiger charge is 2.35. The quantitative estimate of drug-likeness (QED) is 0.521. The van der Waals surface area contributed by atoms with Crippen molar-refractivity contribution < 1.29 is 0 Å². The third kappa shape index (κ3) is 10.0. The maximum atomic E-state index is 2.57. The van der Waals surface area contributed by atoms with E-state index >= 15 is 0 Å². The van der Waals surface area contributed by atoms with Crippen molar-refractivity contribution in [2.75, 3.05) is 39.3 Å². The van der Waals surface area contributed by atoms with Crippen LogP contribution in [0.2, 0.25) is 0 Å². The Kier molecular flexibility index (Phi) is 10.4. The average Bonchev–Trinajstić information content (AvgIpc) is 2.93. The molecule has 0 unspecified atom stereocenters. The van der Waals surface area contributed by atoms with Gasteiger partial charge in [0.2, 0.25) is 0 Å². The van der Waals surface area contributed by atoms with Crippen LogP contribution in [0.15, 0.2) is 0 Å². The second-order valence-corrected chi connectivity index (χ2v) is 13.4. The Morgan fingerprint density at radius 2 is 0.767 bits per heavy atom. The Hall–Kier alpha value is -0.120. The normalized spacial score (nSPS) is 26.1. The molecule has 3 heteroatoms. The summed E-state index contributed by atoms with van der Waals surface area (Å²) in [6, 6.07) is 2.23. The Bertz CT molecular complexity index is 472. The fourth-order valence-electron chi connectivity index (χ4n) is 4.66. The van der Waals surface area contributed by atoms with E-state index in [2.05, 4.69) is 97.8 Å². The molecule has 3 heterocycles. The molecule has 3 saturated heterocycles. The van der Waals surface area contributed by atoms with Crippen LogP contribution in [0.4, 0.5) is 0 Å². The highest BCUT2D eigenvalue weighted by atomic mass is 15.2. The first-order valence-corrected chi connectivity index (χ1v) is 12.8. The number of rotatable bonds is 3. The summed E-state index contributed by atoms with van der Waals surface area (Å²) in [6.07, 6.45) is 4.10. The smallest absolute Gasteiger partial charge is 0.00479 e. The molecular weight excluding hydrogens is 366 g/mol. The van der Waals surface area contributed by atoms with Crippen LogP contribution in [0, 0.1) is 16.2 Å². The average molecular weight is 424 g/mol. The van der Waals surface area contributed by atoms with E-state index in [0.29, 0.717) is 16.2 Å². The minimum atomic E-state index is 0.574. The number of likely N-dealkylation sites (tertiary alicyclic amines) is 3. The van der Waals surface area contributed by atoms with Gasteiger partial charge in [-0.15, -0.1) is 0 Å². The molecule has 3 fully saturated rings. The van der Waals surface area contributed by atoms with Gasteiger partial charge in [-0.3, -0.25) is 4.90 Å². The Morgan fingerprint density at radius 1 is 0.433 bits per heavy atom. The van der Waals surface area contributed by atoms with Gasteiger partial charge in [0, 0.05) is 37.8 Å². The third-order valence-electron chi connectivity index (χ3n) is 7.31. The largest absolute Gasteiger partial charge is 0.301 e. The van der Waals surface area contributed by atoms with Crippen LogP contribution in [0.1, 0.15) is 102 Å². The van der Waals surface area contributed by atoms with Crippen LogP contribution in [0.3, 0.4) is 0 Å². The number of hydrogen-bond acceptors (Lipinski definition) is 3. The van der Waals surface area contributed by atoms with Crippen LogP contribution in [0.25, 0.3) is 0 Å². The molecule has 0 N–H and O–H groups in total.